The van der Waals surface area contributed by atoms with Crippen LogP contribution in [0.25, 0.3) is 0 Å². The Morgan fingerprint density at radius 3 is 1.90 bits per heavy atom. The molecule has 2 N–H and O–H groups in total. The molecule has 1 aliphatic heterocycles. The van der Waals surface area contributed by atoms with Crippen molar-refractivity contribution < 1.29 is 4.79 Å². The average Bonchev–Trinajstić information content (AvgIpc) is 3.02. The molecule has 1 amide bonds. The number of nitrogens with one attached hydrogen (secondary N) is 2. The van der Waals surface area contributed by atoms with E-state index in [0.29, 0.717) is 0 Å². The van der Waals surface area contributed by atoms with E-state index in [1.54, 1.807) is 7.05 Å². The number of anilines is 1. The van der Waals surface area contributed by atoms with Gasteiger partial charge >= 0.3 is 0 Å². The zero-order chi connectivity index (χ0) is 16.4. The fourth-order valence-electron chi connectivity index (χ4n) is 1.24. The standard InChI is InChI=1S/C8H9N.C3H7NO.3C2H6/c1-2-4-8-7(3-1)5-6-9-8;1-3(5)4-2;3*1-2/h1-4,9H,5-6H2;1-2H3,(H,4,5);3*1-2H3. The molecule has 0 bridgehead atoms. The van der Waals surface area contributed by atoms with Gasteiger partial charge in [0.15, 0.2) is 0 Å². The first kappa shape index (κ1) is 23.6. The maximum absolute atomic E-state index is 9.70. The topological polar surface area (TPSA) is 41.1 Å². The molecule has 3 nitrogen and oxygen atoms in total. The molecule has 1 heterocycles. The van der Waals surface area contributed by atoms with Crippen LogP contribution >= 0.6 is 0 Å². The summed E-state index contributed by atoms with van der Waals surface area (Å²) in [5.74, 6) is 0.00463. The number of benzene rings is 1. The number of hydrogen-bond acceptors (Lipinski definition) is 2. The summed E-state index contributed by atoms with van der Waals surface area (Å²) in [6.07, 6.45) is 1.19. The van der Waals surface area contributed by atoms with Crippen molar-refractivity contribution in [3.63, 3.8) is 0 Å². The summed E-state index contributed by atoms with van der Waals surface area (Å²) < 4.78 is 0. The zero-order valence-corrected chi connectivity index (χ0v) is 14.6. The number of hydrogen-bond donors (Lipinski definition) is 2. The van der Waals surface area contributed by atoms with Gasteiger partial charge < -0.3 is 10.6 Å². The van der Waals surface area contributed by atoms with Gasteiger partial charge in [0.25, 0.3) is 0 Å². The largest absolute Gasteiger partial charge is 0.384 e. The summed E-state index contributed by atoms with van der Waals surface area (Å²) in [5.41, 5.74) is 2.77. The van der Waals surface area contributed by atoms with Gasteiger partial charge in [-0.1, -0.05) is 59.7 Å². The first-order valence-corrected chi connectivity index (χ1v) is 7.74. The Morgan fingerprint density at radius 1 is 1.05 bits per heavy atom. The van der Waals surface area contributed by atoms with Gasteiger partial charge in [0.1, 0.15) is 0 Å². The monoisotopic (exact) mass is 282 g/mol. The van der Waals surface area contributed by atoms with E-state index in [-0.39, 0.29) is 5.91 Å². The van der Waals surface area contributed by atoms with E-state index in [0.717, 1.165) is 6.54 Å². The van der Waals surface area contributed by atoms with Crippen LogP contribution in [0.1, 0.15) is 54.0 Å². The minimum atomic E-state index is 0.00463. The maximum Gasteiger partial charge on any atom is 0.216 e. The minimum absolute atomic E-state index is 0.00463. The number of fused-ring (bicyclic) bond motifs is 1. The van der Waals surface area contributed by atoms with Gasteiger partial charge in [-0.15, -0.1) is 0 Å². The number of rotatable bonds is 0. The highest BCUT2D eigenvalue weighted by Crippen LogP contribution is 2.19. The number of carbonyl (C=O) groups excluding carboxylic acids is 1. The lowest BCUT2D eigenvalue weighted by atomic mass is 10.2. The smallest absolute Gasteiger partial charge is 0.216 e. The van der Waals surface area contributed by atoms with Gasteiger partial charge in [0, 0.05) is 26.2 Å². The van der Waals surface area contributed by atoms with Gasteiger partial charge in [-0.3, -0.25) is 4.79 Å². The Labute approximate surface area is 126 Å². The van der Waals surface area contributed by atoms with Crippen LogP contribution in [0.5, 0.6) is 0 Å². The van der Waals surface area contributed by atoms with E-state index >= 15 is 0 Å². The lowest BCUT2D eigenvalue weighted by Gasteiger charge is -1.94. The highest BCUT2D eigenvalue weighted by Gasteiger charge is 2.05. The van der Waals surface area contributed by atoms with Gasteiger partial charge in [0.2, 0.25) is 5.91 Å². The Morgan fingerprint density at radius 2 is 1.50 bits per heavy atom. The van der Waals surface area contributed by atoms with Crippen molar-refractivity contribution in [2.45, 2.75) is 54.9 Å². The molecule has 0 fully saturated rings. The average molecular weight is 282 g/mol. The van der Waals surface area contributed by atoms with E-state index in [4.69, 9.17) is 0 Å². The quantitative estimate of drug-likeness (QED) is 0.736. The van der Waals surface area contributed by atoms with Crippen molar-refractivity contribution in [2.75, 3.05) is 18.9 Å². The molecule has 0 saturated carbocycles. The van der Waals surface area contributed by atoms with Crippen LogP contribution in [0.4, 0.5) is 5.69 Å². The molecule has 20 heavy (non-hydrogen) atoms. The van der Waals surface area contributed by atoms with Crippen molar-refractivity contribution in [3.05, 3.63) is 29.8 Å². The third-order valence-electron chi connectivity index (χ3n) is 2.08. The van der Waals surface area contributed by atoms with Crippen LogP contribution in [-0.4, -0.2) is 19.5 Å². The predicted octanol–water partition coefficient (Wildman–Crippen LogP) is 4.49. The van der Waals surface area contributed by atoms with Crippen molar-refractivity contribution in [3.8, 4) is 0 Å². The van der Waals surface area contributed by atoms with E-state index < -0.39 is 0 Å². The molecule has 3 heteroatoms. The van der Waals surface area contributed by atoms with E-state index in [1.807, 2.05) is 41.5 Å². The lowest BCUT2D eigenvalue weighted by Crippen LogP contribution is -2.11. The van der Waals surface area contributed by atoms with Crippen molar-refractivity contribution in [2.24, 2.45) is 0 Å². The van der Waals surface area contributed by atoms with Crippen LogP contribution in [0.15, 0.2) is 24.3 Å². The molecule has 0 aliphatic carbocycles. The SMILES string of the molecule is CC.CC.CC.CNC(C)=O.c1ccc2c(c1)CCN2. The van der Waals surface area contributed by atoms with Crippen LogP contribution < -0.4 is 10.6 Å². The lowest BCUT2D eigenvalue weighted by molar-refractivity contribution is -0.118. The minimum Gasteiger partial charge on any atom is -0.384 e. The predicted molar refractivity (Wildman–Crippen MR) is 92.4 cm³/mol. The Bertz CT molecular complexity index is 289. The second-order valence-corrected chi connectivity index (χ2v) is 3.14. The first-order chi connectivity index (χ1) is 9.74. The van der Waals surface area contributed by atoms with E-state index in [9.17, 15) is 4.79 Å². The summed E-state index contributed by atoms with van der Waals surface area (Å²) in [6.45, 7) is 14.6. The second-order valence-electron chi connectivity index (χ2n) is 3.14. The molecular weight excluding hydrogens is 248 g/mol. The van der Waals surface area contributed by atoms with Crippen LogP contribution in [0.3, 0.4) is 0 Å². The summed E-state index contributed by atoms with van der Waals surface area (Å²) >= 11 is 0. The fraction of sp³-hybridized carbons (Fsp3) is 0.588. The van der Waals surface area contributed by atoms with E-state index in [1.165, 1.54) is 24.6 Å². The van der Waals surface area contributed by atoms with Gasteiger partial charge in [-0.05, 0) is 18.1 Å². The van der Waals surface area contributed by atoms with Crippen molar-refractivity contribution in [1.29, 1.82) is 0 Å². The number of carbonyl (C=O) groups is 1. The highest BCUT2D eigenvalue weighted by molar-refractivity contribution is 5.72. The highest BCUT2D eigenvalue weighted by atomic mass is 16.1. The Kier molecular flexibility index (Phi) is 23.4. The third-order valence-corrected chi connectivity index (χ3v) is 2.08. The normalized spacial score (nSPS) is 9.20. The second kappa shape index (κ2) is 19.8. The summed E-state index contributed by atoms with van der Waals surface area (Å²) in [7, 11) is 1.60. The summed E-state index contributed by atoms with van der Waals surface area (Å²) in [4.78, 5) is 9.70. The molecule has 1 aromatic rings. The fourth-order valence-corrected chi connectivity index (χ4v) is 1.24. The Hall–Kier alpha value is -1.51. The summed E-state index contributed by atoms with van der Waals surface area (Å²) in [5, 5.41) is 5.69. The molecule has 1 aliphatic rings. The molecule has 0 aromatic heterocycles. The summed E-state index contributed by atoms with van der Waals surface area (Å²) in [6, 6.07) is 8.46. The number of para-hydroxylation sites is 1. The van der Waals surface area contributed by atoms with E-state index in [2.05, 4.69) is 34.9 Å². The van der Waals surface area contributed by atoms with Gasteiger partial charge in [-0.25, -0.2) is 0 Å². The molecule has 0 radical (unpaired) electrons. The van der Waals surface area contributed by atoms with Crippen molar-refractivity contribution >= 4 is 11.6 Å². The third kappa shape index (κ3) is 12.9. The molecular formula is C17H34N2O. The number of amides is 1. The first-order valence-electron chi connectivity index (χ1n) is 7.74. The molecule has 1 aromatic carbocycles. The molecule has 0 saturated heterocycles. The molecule has 118 valence electrons. The van der Waals surface area contributed by atoms with Crippen LogP contribution in [-0.2, 0) is 11.2 Å². The van der Waals surface area contributed by atoms with Crippen molar-refractivity contribution in [1.82, 2.24) is 5.32 Å². The molecule has 0 atom stereocenters. The maximum atomic E-state index is 9.70. The van der Waals surface area contributed by atoms with Gasteiger partial charge in [0.05, 0.1) is 0 Å². The zero-order valence-electron chi connectivity index (χ0n) is 14.6. The molecule has 2 rings (SSSR count). The Balaban J connectivity index is -0.000000228. The molecule has 0 spiro atoms. The van der Waals surface area contributed by atoms with Crippen LogP contribution in [0.2, 0.25) is 0 Å². The van der Waals surface area contributed by atoms with Crippen LogP contribution in [0, 0.1) is 0 Å². The van der Waals surface area contributed by atoms with Gasteiger partial charge in [-0.2, -0.15) is 0 Å². The molecule has 0 unspecified atom stereocenters.